The van der Waals surface area contributed by atoms with Crippen molar-refractivity contribution >= 4 is 17.7 Å². The number of aromatic nitrogens is 3. The zero-order valence-corrected chi connectivity index (χ0v) is 12.4. The average Bonchev–Trinajstić information content (AvgIpc) is 2.88. The van der Waals surface area contributed by atoms with Crippen LogP contribution in [0.5, 0.6) is 0 Å². The third-order valence-electron chi connectivity index (χ3n) is 2.89. The van der Waals surface area contributed by atoms with Gasteiger partial charge in [-0.2, -0.15) is 0 Å². The summed E-state index contributed by atoms with van der Waals surface area (Å²) in [4.78, 5) is 12.2. The van der Waals surface area contributed by atoms with E-state index in [0.29, 0.717) is 6.54 Å². The number of aryl methyl sites for hydroxylation is 1. The first kappa shape index (κ1) is 14.6. The van der Waals surface area contributed by atoms with Crippen molar-refractivity contribution in [1.82, 2.24) is 20.1 Å². The van der Waals surface area contributed by atoms with Crippen molar-refractivity contribution in [3.8, 4) is 0 Å². The summed E-state index contributed by atoms with van der Waals surface area (Å²) in [5.41, 5.74) is 1.10. The van der Waals surface area contributed by atoms with Gasteiger partial charge in [0.15, 0.2) is 5.16 Å². The van der Waals surface area contributed by atoms with Crippen LogP contribution in [0.15, 0.2) is 41.8 Å². The van der Waals surface area contributed by atoms with Gasteiger partial charge in [0, 0.05) is 13.6 Å². The van der Waals surface area contributed by atoms with Crippen LogP contribution in [0, 0.1) is 0 Å². The first-order valence-electron chi connectivity index (χ1n) is 6.53. The number of amides is 1. The maximum Gasteiger partial charge on any atom is 0.233 e. The fraction of sp³-hybridized carbons (Fsp3) is 0.357. The largest absolute Gasteiger partial charge is 0.351 e. The lowest BCUT2D eigenvalue weighted by atomic mass is 10.2. The third-order valence-corrected chi connectivity index (χ3v) is 4.30. The molecule has 1 aromatic carbocycles. The zero-order valence-electron chi connectivity index (χ0n) is 11.6. The number of benzene rings is 1. The van der Waals surface area contributed by atoms with Crippen LogP contribution < -0.4 is 5.32 Å². The minimum atomic E-state index is -0.151. The quantitative estimate of drug-likeness (QED) is 0.827. The number of carbonyl (C=O) groups excluding carboxylic acids is 1. The summed E-state index contributed by atoms with van der Waals surface area (Å²) in [6, 6.07) is 9.89. The molecule has 0 bridgehead atoms. The van der Waals surface area contributed by atoms with Gasteiger partial charge in [-0.05, 0) is 12.0 Å². The predicted octanol–water partition coefficient (Wildman–Crippen LogP) is 2.00. The van der Waals surface area contributed by atoms with E-state index < -0.39 is 0 Å². The number of carbonyl (C=O) groups is 1. The predicted molar refractivity (Wildman–Crippen MR) is 79.2 cm³/mol. The van der Waals surface area contributed by atoms with Crippen LogP contribution in [-0.4, -0.2) is 25.9 Å². The molecule has 0 saturated carbocycles. The van der Waals surface area contributed by atoms with E-state index in [1.165, 1.54) is 11.8 Å². The van der Waals surface area contributed by atoms with Crippen LogP contribution in [-0.2, 0) is 18.4 Å². The van der Waals surface area contributed by atoms with Crippen LogP contribution in [0.25, 0.3) is 0 Å². The summed E-state index contributed by atoms with van der Waals surface area (Å²) in [5.74, 6) is 0.0318. The number of hydrogen-bond donors (Lipinski definition) is 1. The van der Waals surface area contributed by atoms with E-state index in [0.717, 1.165) is 17.1 Å². The molecule has 1 atom stereocenters. The topological polar surface area (TPSA) is 59.8 Å². The highest BCUT2D eigenvalue weighted by atomic mass is 32.2. The van der Waals surface area contributed by atoms with Crippen molar-refractivity contribution in [3.05, 3.63) is 42.2 Å². The van der Waals surface area contributed by atoms with Crippen LogP contribution in [0.1, 0.15) is 18.9 Å². The van der Waals surface area contributed by atoms with Gasteiger partial charge in [-0.1, -0.05) is 49.0 Å². The van der Waals surface area contributed by atoms with E-state index in [9.17, 15) is 4.79 Å². The highest BCUT2D eigenvalue weighted by Crippen LogP contribution is 2.22. The molecule has 0 aliphatic heterocycles. The highest BCUT2D eigenvalue weighted by molar-refractivity contribution is 8.00. The summed E-state index contributed by atoms with van der Waals surface area (Å²) >= 11 is 1.44. The molecule has 0 saturated heterocycles. The van der Waals surface area contributed by atoms with Crippen molar-refractivity contribution in [3.63, 3.8) is 0 Å². The van der Waals surface area contributed by atoms with Gasteiger partial charge < -0.3 is 9.88 Å². The molecule has 0 aliphatic carbocycles. The Balaban J connectivity index is 1.91. The lowest BCUT2D eigenvalue weighted by Gasteiger charge is -2.14. The molecule has 0 spiro atoms. The van der Waals surface area contributed by atoms with Crippen LogP contribution in [0.4, 0.5) is 0 Å². The normalized spacial score (nSPS) is 12.1. The second-order valence-corrected chi connectivity index (χ2v) is 5.61. The first-order chi connectivity index (χ1) is 9.70. The molecule has 1 aromatic heterocycles. The molecule has 2 aromatic rings. The van der Waals surface area contributed by atoms with Crippen molar-refractivity contribution in [2.24, 2.45) is 7.05 Å². The van der Waals surface area contributed by atoms with Gasteiger partial charge in [0.05, 0.1) is 5.25 Å². The number of thioether (sulfide) groups is 1. The Morgan fingerprint density at radius 3 is 2.75 bits per heavy atom. The third kappa shape index (κ3) is 3.84. The summed E-state index contributed by atoms with van der Waals surface area (Å²) in [6.45, 7) is 2.55. The second kappa shape index (κ2) is 7.09. The molecule has 20 heavy (non-hydrogen) atoms. The van der Waals surface area contributed by atoms with Crippen LogP contribution in [0.3, 0.4) is 0 Å². The molecule has 5 nitrogen and oxygen atoms in total. The number of nitrogens with one attached hydrogen (secondary N) is 1. The smallest absolute Gasteiger partial charge is 0.233 e. The van der Waals surface area contributed by atoms with E-state index in [1.807, 2.05) is 48.9 Å². The Morgan fingerprint density at radius 1 is 1.40 bits per heavy atom. The van der Waals surface area contributed by atoms with Gasteiger partial charge in [-0.15, -0.1) is 10.2 Å². The minimum absolute atomic E-state index is 0.0318. The van der Waals surface area contributed by atoms with Crippen molar-refractivity contribution in [2.45, 2.75) is 30.3 Å². The van der Waals surface area contributed by atoms with Crippen molar-refractivity contribution in [2.75, 3.05) is 0 Å². The molecule has 1 amide bonds. The van der Waals surface area contributed by atoms with E-state index >= 15 is 0 Å². The van der Waals surface area contributed by atoms with Gasteiger partial charge in [-0.3, -0.25) is 4.79 Å². The van der Waals surface area contributed by atoms with Gasteiger partial charge in [0.25, 0.3) is 0 Å². The summed E-state index contributed by atoms with van der Waals surface area (Å²) in [5, 5.41) is 11.4. The summed E-state index contributed by atoms with van der Waals surface area (Å²) in [7, 11) is 1.87. The SMILES string of the molecule is CCC(Sc1nncn1C)C(=O)NCc1ccccc1. The van der Waals surface area contributed by atoms with Crippen molar-refractivity contribution in [1.29, 1.82) is 0 Å². The van der Waals surface area contributed by atoms with Crippen LogP contribution in [0.2, 0.25) is 0 Å². The summed E-state index contributed by atoms with van der Waals surface area (Å²) in [6.07, 6.45) is 2.38. The van der Waals surface area contributed by atoms with Crippen molar-refractivity contribution < 1.29 is 4.79 Å². The van der Waals surface area contributed by atoms with Gasteiger partial charge in [-0.25, -0.2) is 0 Å². The molecule has 0 radical (unpaired) electrons. The molecular weight excluding hydrogens is 272 g/mol. The average molecular weight is 290 g/mol. The Morgan fingerprint density at radius 2 is 2.15 bits per heavy atom. The fourth-order valence-electron chi connectivity index (χ4n) is 1.73. The van der Waals surface area contributed by atoms with Gasteiger partial charge >= 0.3 is 0 Å². The van der Waals surface area contributed by atoms with E-state index in [2.05, 4.69) is 15.5 Å². The Bertz CT molecular complexity index is 555. The summed E-state index contributed by atoms with van der Waals surface area (Å²) < 4.78 is 1.82. The van der Waals surface area contributed by atoms with E-state index in [4.69, 9.17) is 0 Å². The van der Waals surface area contributed by atoms with Gasteiger partial charge in [0.1, 0.15) is 6.33 Å². The molecule has 1 heterocycles. The monoisotopic (exact) mass is 290 g/mol. The van der Waals surface area contributed by atoms with Crippen LogP contribution >= 0.6 is 11.8 Å². The molecular formula is C14H18N4OS. The van der Waals surface area contributed by atoms with Gasteiger partial charge in [0.2, 0.25) is 5.91 Å². The zero-order chi connectivity index (χ0) is 14.4. The number of rotatable bonds is 6. The standard InChI is InChI=1S/C14H18N4OS/c1-3-12(20-14-17-16-10-18(14)2)13(19)15-9-11-7-5-4-6-8-11/h4-8,10,12H,3,9H2,1-2H3,(H,15,19). The first-order valence-corrected chi connectivity index (χ1v) is 7.41. The molecule has 2 rings (SSSR count). The Labute approximate surface area is 122 Å². The van der Waals surface area contributed by atoms with E-state index in [-0.39, 0.29) is 11.2 Å². The minimum Gasteiger partial charge on any atom is -0.351 e. The lowest BCUT2D eigenvalue weighted by Crippen LogP contribution is -2.32. The molecule has 6 heteroatoms. The molecule has 0 aliphatic rings. The van der Waals surface area contributed by atoms with E-state index in [1.54, 1.807) is 6.33 Å². The molecule has 0 fully saturated rings. The molecule has 1 unspecified atom stereocenters. The Kier molecular flexibility index (Phi) is 5.17. The maximum absolute atomic E-state index is 12.2. The fourth-order valence-corrected chi connectivity index (χ4v) is 2.65. The maximum atomic E-state index is 12.2. The number of hydrogen-bond acceptors (Lipinski definition) is 4. The Hall–Kier alpha value is -1.82. The molecule has 1 N–H and O–H groups in total. The lowest BCUT2D eigenvalue weighted by molar-refractivity contribution is -0.120. The second-order valence-electron chi connectivity index (χ2n) is 4.44. The highest BCUT2D eigenvalue weighted by Gasteiger charge is 2.19. The number of nitrogens with zero attached hydrogens (tertiary/aromatic N) is 3. The molecule has 106 valence electrons.